The van der Waals surface area contributed by atoms with Gasteiger partial charge in [0.15, 0.2) is 0 Å². The predicted octanol–water partition coefficient (Wildman–Crippen LogP) is 14.5. The van der Waals surface area contributed by atoms with Crippen LogP contribution in [-0.4, -0.2) is 0 Å². The smallest absolute Gasteiger partial charge is 0.143 e. The highest BCUT2D eigenvalue weighted by molar-refractivity contribution is 6.26. The van der Waals surface area contributed by atoms with Crippen molar-refractivity contribution in [3.05, 3.63) is 182 Å². The lowest BCUT2D eigenvalue weighted by molar-refractivity contribution is 0.669. The molecule has 0 aliphatic carbocycles. The maximum atomic E-state index is 6.70. The maximum Gasteiger partial charge on any atom is 0.143 e. The average molecular weight is 663 g/mol. The average Bonchev–Trinajstić information content (AvgIpc) is 3.80. The fraction of sp³-hybridized carbons (Fsp3) is 0. The molecule has 242 valence electrons. The van der Waals surface area contributed by atoms with Gasteiger partial charge in [0.2, 0.25) is 0 Å². The van der Waals surface area contributed by atoms with E-state index in [1.807, 2.05) is 6.07 Å². The molecule has 0 amide bonds. The molecule has 0 aliphatic rings. The van der Waals surface area contributed by atoms with Gasteiger partial charge in [-0.05, 0) is 109 Å². The molecule has 0 atom stereocenters. The van der Waals surface area contributed by atoms with Crippen molar-refractivity contribution >= 4 is 65.4 Å². The number of rotatable bonds is 4. The van der Waals surface area contributed by atoms with Crippen LogP contribution in [-0.2, 0) is 0 Å². The molecule has 0 radical (unpaired) electrons. The summed E-state index contributed by atoms with van der Waals surface area (Å²) in [6.07, 6.45) is 0. The molecule has 11 aromatic rings. The molecule has 0 N–H and O–H groups in total. The first-order valence-electron chi connectivity index (χ1n) is 17.7. The van der Waals surface area contributed by atoms with E-state index in [0.29, 0.717) is 0 Å². The van der Waals surface area contributed by atoms with Crippen molar-refractivity contribution in [1.29, 1.82) is 0 Å². The molecule has 0 fully saturated rings. The van der Waals surface area contributed by atoms with Gasteiger partial charge in [-0.15, -0.1) is 0 Å². The standard InChI is InChI=1S/C50H30O2/c1-2-12-31(13-3-1)36-27-37(34-25-24-32-14-4-5-15-33(32)26-34)29-38(28-36)39-19-10-22-45-48(39)49-41(20-11-23-46(49)51-45)43-30-35-16-6-7-17-40(35)50-47(43)42-18-8-9-21-44(42)52-50/h1-30H. The Balaban J connectivity index is 1.22. The van der Waals surface area contributed by atoms with Crippen molar-refractivity contribution in [2.75, 3.05) is 0 Å². The second-order valence-electron chi connectivity index (χ2n) is 13.6. The number of hydrogen-bond acceptors (Lipinski definition) is 2. The van der Waals surface area contributed by atoms with Crippen LogP contribution in [0.15, 0.2) is 191 Å². The van der Waals surface area contributed by atoms with Crippen LogP contribution in [0.2, 0.25) is 0 Å². The lowest BCUT2D eigenvalue weighted by atomic mass is 9.89. The minimum absolute atomic E-state index is 0.864. The van der Waals surface area contributed by atoms with Gasteiger partial charge in [0, 0.05) is 26.9 Å². The van der Waals surface area contributed by atoms with Crippen LogP contribution < -0.4 is 0 Å². The van der Waals surface area contributed by atoms with E-state index in [2.05, 4.69) is 176 Å². The zero-order chi connectivity index (χ0) is 34.2. The lowest BCUT2D eigenvalue weighted by Gasteiger charge is -2.13. The van der Waals surface area contributed by atoms with Gasteiger partial charge in [-0.25, -0.2) is 0 Å². The molecule has 0 aliphatic heterocycles. The molecule has 2 heterocycles. The van der Waals surface area contributed by atoms with Crippen molar-refractivity contribution in [2.24, 2.45) is 0 Å². The normalized spacial score (nSPS) is 11.8. The molecule has 0 spiro atoms. The van der Waals surface area contributed by atoms with Gasteiger partial charge in [0.05, 0.1) is 0 Å². The Morgan fingerprint density at radius 3 is 1.71 bits per heavy atom. The molecule has 11 rings (SSSR count). The maximum absolute atomic E-state index is 6.70. The predicted molar refractivity (Wildman–Crippen MR) is 218 cm³/mol. The number of fused-ring (bicyclic) bond motifs is 9. The summed E-state index contributed by atoms with van der Waals surface area (Å²) in [5, 5.41) is 9.17. The second kappa shape index (κ2) is 11.3. The third kappa shape index (κ3) is 4.44. The quantitative estimate of drug-likeness (QED) is 0.187. The van der Waals surface area contributed by atoms with Gasteiger partial charge in [0.1, 0.15) is 22.3 Å². The summed E-state index contributed by atoms with van der Waals surface area (Å²) in [6, 6.07) is 65.1. The molecule has 0 unspecified atom stereocenters. The van der Waals surface area contributed by atoms with Gasteiger partial charge < -0.3 is 8.83 Å². The van der Waals surface area contributed by atoms with E-state index >= 15 is 0 Å². The highest BCUT2D eigenvalue weighted by atomic mass is 16.3. The Morgan fingerprint density at radius 1 is 0.269 bits per heavy atom. The van der Waals surface area contributed by atoms with E-state index in [4.69, 9.17) is 8.83 Å². The monoisotopic (exact) mass is 662 g/mol. The van der Waals surface area contributed by atoms with Crippen molar-refractivity contribution in [3.8, 4) is 44.5 Å². The molecule has 52 heavy (non-hydrogen) atoms. The molecule has 2 nitrogen and oxygen atoms in total. The molecule has 0 bridgehead atoms. The Morgan fingerprint density at radius 2 is 0.885 bits per heavy atom. The molecule has 9 aromatic carbocycles. The van der Waals surface area contributed by atoms with Gasteiger partial charge in [-0.3, -0.25) is 0 Å². The van der Waals surface area contributed by atoms with Gasteiger partial charge in [-0.1, -0.05) is 133 Å². The van der Waals surface area contributed by atoms with Gasteiger partial charge in [-0.2, -0.15) is 0 Å². The van der Waals surface area contributed by atoms with E-state index < -0.39 is 0 Å². The summed E-state index contributed by atoms with van der Waals surface area (Å²) in [7, 11) is 0. The van der Waals surface area contributed by atoms with E-state index in [0.717, 1.165) is 76.9 Å². The zero-order valence-corrected chi connectivity index (χ0v) is 28.1. The summed E-state index contributed by atoms with van der Waals surface area (Å²) in [5.74, 6) is 0. The highest BCUT2D eigenvalue weighted by Crippen LogP contribution is 2.47. The number of furan rings is 2. The number of para-hydroxylation sites is 1. The first-order chi connectivity index (χ1) is 25.8. The second-order valence-corrected chi connectivity index (χ2v) is 13.6. The van der Waals surface area contributed by atoms with Crippen LogP contribution >= 0.6 is 0 Å². The fourth-order valence-electron chi connectivity index (χ4n) is 8.22. The third-order valence-corrected chi connectivity index (χ3v) is 10.6. The van der Waals surface area contributed by atoms with E-state index in [9.17, 15) is 0 Å². The van der Waals surface area contributed by atoms with Gasteiger partial charge >= 0.3 is 0 Å². The Hall–Kier alpha value is -6.90. The molecule has 2 aromatic heterocycles. The van der Waals surface area contributed by atoms with E-state index in [1.165, 1.54) is 33.0 Å². The Labute approximate surface area is 299 Å². The number of hydrogen-bond donors (Lipinski definition) is 0. The minimum atomic E-state index is 0.864. The summed E-state index contributed by atoms with van der Waals surface area (Å²) in [5.41, 5.74) is 12.8. The van der Waals surface area contributed by atoms with Crippen molar-refractivity contribution < 1.29 is 8.83 Å². The molecule has 0 saturated carbocycles. The third-order valence-electron chi connectivity index (χ3n) is 10.6. The number of benzene rings is 9. The van der Waals surface area contributed by atoms with Crippen LogP contribution in [0.5, 0.6) is 0 Å². The van der Waals surface area contributed by atoms with Crippen LogP contribution in [0.3, 0.4) is 0 Å². The summed E-state index contributed by atoms with van der Waals surface area (Å²) in [4.78, 5) is 0. The van der Waals surface area contributed by atoms with Crippen LogP contribution in [0.4, 0.5) is 0 Å². The zero-order valence-electron chi connectivity index (χ0n) is 28.1. The molecular weight excluding hydrogens is 633 g/mol. The summed E-state index contributed by atoms with van der Waals surface area (Å²) < 4.78 is 13.3. The van der Waals surface area contributed by atoms with E-state index in [1.54, 1.807) is 0 Å². The first kappa shape index (κ1) is 28.9. The first-order valence-corrected chi connectivity index (χ1v) is 17.7. The minimum Gasteiger partial charge on any atom is -0.456 e. The van der Waals surface area contributed by atoms with E-state index in [-0.39, 0.29) is 0 Å². The summed E-state index contributed by atoms with van der Waals surface area (Å²) >= 11 is 0. The molecule has 0 saturated heterocycles. The lowest BCUT2D eigenvalue weighted by Crippen LogP contribution is -1.88. The topological polar surface area (TPSA) is 26.3 Å². The van der Waals surface area contributed by atoms with Crippen molar-refractivity contribution in [1.82, 2.24) is 0 Å². The van der Waals surface area contributed by atoms with Crippen molar-refractivity contribution in [3.63, 3.8) is 0 Å². The highest BCUT2D eigenvalue weighted by Gasteiger charge is 2.22. The molecular formula is C50H30O2. The Bertz CT molecular complexity index is 3180. The van der Waals surface area contributed by atoms with Gasteiger partial charge in [0.25, 0.3) is 0 Å². The van der Waals surface area contributed by atoms with Crippen LogP contribution in [0, 0.1) is 0 Å². The Kier molecular flexibility index (Phi) is 6.28. The van der Waals surface area contributed by atoms with Crippen molar-refractivity contribution in [2.45, 2.75) is 0 Å². The van der Waals surface area contributed by atoms with Crippen LogP contribution in [0.25, 0.3) is 110 Å². The SMILES string of the molecule is c1ccc(-c2cc(-c3ccc4ccccc4c3)cc(-c3cccc4oc5cccc(-c6cc7ccccc7c7oc8ccccc8c67)c5c34)c2)cc1. The molecule has 2 heteroatoms. The largest absolute Gasteiger partial charge is 0.456 e. The fourth-order valence-corrected chi connectivity index (χ4v) is 8.22. The van der Waals surface area contributed by atoms with Crippen LogP contribution in [0.1, 0.15) is 0 Å². The summed E-state index contributed by atoms with van der Waals surface area (Å²) in [6.45, 7) is 0.